The number of anilines is 3. The van der Waals surface area contributed by atoms with Crippen molar-refractivity contribution in [2.45, 2.75) is 32.4 Å². The van der Waals surface area contributed by atoms with E-state index < -0.39 is 17.6 Å². The highest BCUT2D eigenvalue weighted by molar-refractivity contribution is 6.04. The standard InChI is InChI=1S/C25H24F3N5O2/c1-15-3-4-17(24(35)32-20-10-19(12-29-13-20)25(26,27)28)9-22(15)18-6-8-33(14-18)21-5-7-30-23(11-21)31-16(2)34/h3-5,7,9-13,18H,6,8,14H2,1-2H3,(H,32,35)(H,30,31,34)/t18-/m1/s1. The number of nitrogens with one attached hydrogen (secondary N) is 2. The first-order chi connectivity index (χ1) is 16.6. The van der Waals surface area contributed by atoms with Gasteiger partial charge in [0.15, 0.2) is 0 Å². The number of aryl methyl sites for hydroxylation is 1. The molecule has 1 atom stereocenters. The smallest absolute Gasteiger partial charge is 0.371 e. The summed E-state index contributed by atoms with van der Waals surface area (Å²) in [5.74, 6) is -0.0513. The molecule has 0 saturated carbocycles. The number of halogens is 3. The minimum absolute atomic E-state index is 0.0216. The van der Waals surface area contributed by atoms with Gasteiger partial charge in [-0.2, -0.15) is 13.2 Å². The van der Waals surface area contributed by atoms with Gasteiger partial charge in [0.2, 0.25) is 5.91 Å². The number of rotatable bonds is 5. The van der Waals surface area contributed by atoms with Gasteiger partial charge < -0.3 is 15.5 Å². The van der Waals surface area contributed by atoms with Crippen molar-refractivity contribution in [2.75, 3.05) is 28.6 Å². The Labute approximate surface area is 200 Å². The Morgan fingerprint density at radius 3 is 2.63 bits per heavy atom. The monoisotopic (exact) mass is 483 g/mol. The molecule has 2 amide bonds. The van der Waals surface area contributed by atoms with Gasteiger partial charge in [-0.05, 0) is 48.7 Å². The molecule has 1 fully saturated rings. The third-order valence-electron chi connectivity index (χ3n) is 5.91. The van der Waals surface area contributed by atoms with E-state index in [1.165, 1.54) is 13.1 Å². The van der Waals surface area contributed by atoms with E-state index in [-0.39, 0.29) is 17.5 Å². The fraction of sp³-hybridized carbons (Fsp3) is 0.280. The Kier molecular flexibility index (Phi) is 6.72. The van der Waals surface area contributed by atoms with E-state index in [0.29, 0.717) is 24.1 Å². The molecule has 1 aliphatic rings. The predicted molar refractivity (Wildman–Crippen MR) is 126 cm³/mol. The Balaban J connectivity index is 1.49. The molecule has 182 valence electrons. The Morgan fingerprint density at radius 1 is 1.09 bits per heavy atom. The van der Waals surface area contributed by atoms with Crippen molar-refractivity contribution in [3.05, 3.63) is 77.2 Å². The number of amides is 2. The van der Waals surface area contributed by atoms with E-state index in [0.717, 1.165) is 35.8 Å². The van der Waals surface area contributed by atoms with Crippen molar-refractivity contribution < 1.29 is 22.8 Å². The first-order valence-electron chi connectivity index (χ1n) is 11.0. The molecule has 0 bridgehead atoms. The normalized spacial score (nSPS) is 15.7. The molecule has 35 heavy (non-hydrogen) atoms. The summed E-state index contributed by atoms with van der Waals surface area (Å²) in [5, 5.41) is 5.20. The maximum atomic E-state index is 13.0. The largest absolute Gasteiger partial charge is 0.417 e. The van der Waals surface area contributed by atoms with Crippen molar-refractivity contribution in [2.24, 2.45) is 0 Å². The molecule has 0 radical (unpaired) electrons. The zero-order valence-corrected chi connectivity index (χ0v) is 19.2. The quantitative estimate of drug-likeness (QED) is 0.533. The van der Waals surface area contributed by atoms with E-state index in [4.69, 9.17) is 0 Å². The van der Waals surface area contributed by atoms with Crippen molar-refractivity contribution in [1.29, 1.82) is 0 Å². The summed E-state index contributed by atoms with van der Waals surface area (Å²) in [6, 6.07) is 9.87. The van der Waals surface area contributed by atoms with Gasteiger partial charge in [0.05, 0.1) is 17.4 Å². The third-order valence-corrected chi connectivity index (χ3v) is 5.91. The molecule has 1 aromatic carbocycles. The first kappa shape index (κ1) is 24.2. The summed E-state index contributed by atoms with van der Waals surface area (Å²) in [6.45, 7) is 4.90. The zero-order chi connectivity index (χ0) is 25.2. The first-order valence-corrected chi connectivity index (χ1v) is 11.0. The van der Waals surface area contributed by atoms with Crippen LogP contribution in [0.15, 0.2) is 55.0 Å². The second-order valence-corrected chi connectivity index (χ2v) is 8.50. The SMILES string of the molecule is CC(=O)Nc1cc(N2CC[C@@H](c3cc(C(=O)Nc4cncc(C(F)(F)F)c4)ccc3C)C2)ccn1. The van der Waals surface area contributed by atoms with Gasteiger partial charge in [-0.25, -0.2) is 4.98 Å². The number of hydrogen-bond acceptors (Lipinski definition) is 5. The van der Waals surface area contributed by atoms with Crippen LogP contribution in [0.4, 0.5) is 30.4 Å². The van der Waals surface area contributed by atoms with Crippen molar-refractivity contribution in [1.82, 2.24) is 9.97 Å². The van der Waals surface area contributed by atoms with E-state index >= 15 is 0 Å². The Hall–Kier alpha value is -3.95. The van der Waals surface area contributed by atoms with Gasteiger partial charge >= 0.3 is 6.18 Å². The van der Waals surface area contributed by atoms with Crippen LogP contribution in [-0.2, 0) is 11.0 Å². The molecule has 2 N–H and O–H groups in total. The second kappa shape index (κ2) is 9.73. The third kappa shape index (κ3) is 5.76. The van der Waals surface area contributed by atoms with Crippen molar-refractivity contribution >= 4 is 29.0 Å². The Bertz CT molecular complexity index is 1260. The Morgan fingerprint density at radius 2 is 1.89 bits per heavy atom. The number of alkyl halides is 3. The summed E-state index contributed by atoms with van der Waals surface area (Å²) in [6.07, 6.45) is -0.140. The lowest BCUT2D eigenvalue weighted by atomic mass is 9.92. The molecule has 3 heterocycles. The molecular weight excluding hydrogens is 459 g/mol. The molecule has 1 aliphatic heterocycles. The van der Waals surface area contributed by atoms with E-state index in [1.807, 2.05) is 25.1 Å². The van der Waals surface area contributed by atoms with Gasteiger partial charge in [0.25, 0.3) is 5.91 Å². The van der Waals surface area contributed by atoms with Gasteiger partial charge in [0, 0.05) is 55.6 Å². The maximum Gasteiger partial charge on any atom is 0.417 e. The number of carbonyl (C=O) groups is 2. The fourth-order valence-electron chi connectivity index (χ4n) is 4.20. The molecule has 2 aromatic heterocycles. The zero-order valence-electron chi connectivity index (χ0n) is 19.2. The number of aromatic nitrogens is 2. The van der Waals surface area contributed by atoms with Crippen LogP contribution >= 0.6 is 0 Å². The highest BCUT2D eigenvalue weighted by Gasteiger charge is 2.31. The molecule has 3 aromatic rings. The van der Waals surface area contributed by atoms with E-state index in [2.05, 4.69) is 25.5 Å². The summed E-state index contributed by atoms with van der Waals surface area (Å²) < 4.78 is 38.9. The lowest BCUT2D eigenvalue weighted by molar-refractivity contribution is -0.137. The molecule has 10 heteroatoms. The van der Waals surface area contributed by atoms with Crippen LogP contribution in [0.5, 0.6) is 0 Å². The van der Waals surface area contributed by atoms with Crippen LogP contribution in [0.25, 0.3) is 0 Å². The lowest BCUT2D eigenvalue weighted by Crippen LogP contribution is -2.20. The summed E-state index contributed by atoms with van der Waals surface area (Å²) >= 11 is 0. The van der Waals surface area contributed by atoms with Crippen LogP contribution in [0.1, 0.15) is 46.3 Å². The van der Waals surface area contributed by atoms with Crippen LogP contribution in [0.3, 0.4) is 0 Å². The van der Waals surface area contributed by atoms with Gasteiger partial charge in [-0.15, -0.1) is 0 Å². The molecular formula is C25H24F3N5O2. The fourth-order valence-corrected chi connectivity index (χ4v) is 4.20. The number of hydrogen-bond donors (Lipinski definition) is 2. The maximum absolute atomic E-state index is 13.0. The van der Waals surface area contributed by atoms with Crippen molar-refractivity contribution in [3.63, 3.8) is 0 Å². The predicted octanol–water partition coefficient (Wildman–Crippen LogP) is 5.01. The highest BCUT2D eigenvalue weighted by Crippen LogP contribution is 2.34. The van der Waals surface area contributed by atoms with Gasteiger partial charge in [0.1, 0.15) is 5.82 Å². The minimum atomic E-state index is -4.54. The van der Waals surface area contributed by atoms with Gasteiger partial charge in [-0.3, -0.25) is 14.6 Å². The van der Waals surface area contributed by atoms with E-state index in [1.54, 1.807) is 18.3 Å². The molecule has 0 unspecified atom stereocenters. The molecule has 7 nitrogen and oxygen atoms in total. The van der Waals surface area contributed by atoms with Crippen LogP contribution < -0.4 is 15.5 Å². The van der Waals surface area contributed by atoms with Crippen molar-refractivity contribution in [3.8, 4) is 0 Å². The number of benzene rings is 1. The number of nitrogens with zero attached hydrogens (tertiary/aromatic N) is 3. The number of pyridine rings is 2. The van der Waals surface area contributed by atoms with Crippen LogP contribution in [0, 0.1) is 6.92 Å². The number of carbonyl (C=O) groups excluding carboxylic acids is 2. The summed E-state index contributed by atoms with van der Waals surface area (Å²) in [5.41, 5.74) is 2.39. The summed E-state index contributed by atoms with van der Waals surface area (Å²) in [7, 11) is 0. The lowest BCUT2D eigenvalue weighted by Gasteiger charge is -2.20. The molecule has 1 saturated heterocycles. The molecule has 0 aliphatic carbocycles. The van der Waals surface area contributed by atoms with Gasteiger partial charge in [-0.1, -0.05) is 6.07 Å². The minimum Gasteiger partial charge on any atom is -0.371 e. The van der Waals surface area contributed by atoms with Crippen LogP contribution in [-0.4, -0.2) is 34.9 Å². The molecule has 4 rings (SSSR count). The van der Waals surface area contributed by atoms with Crippen LogP contribution in [0.2, 0.25) is 0 Å². The summed E-state index contributed by atoms with van der Waals surface area (Å²) in [4.78, 5) is 34.1. The van der Waals surface area contributed by atoms with E-state index in [9.17, 15) is 22.8 Å². The highest BCUT2D eigenvalue weighted by atomic mass is 19.4. The average molecular weight is 483 g/mol. The average Bonchev–Trinajstić information content (AvgIpc) is 3.29. The topological polar surface area (TPSA) is 87.2 Å². The molecule has 0 spiro atoms. The second-order valence-electron chi connectivity index (χ2n) is 8.50.